The van der Waals surface area contributed by atoms with Crippen molar-refractivity contribution in [3.05, 3.63) is 60.4 Å². The van der Waals surface area contributed by atoms with E-state index in [1.165, 1.54) is 12.1 Å². The van der Waals surface area contributed by atoms with Gasteiger partial charge in [-0.3, -0.25) is 4.79 Å². The molecular formula is C21H20FN3O. The maximum atomic E-state index is 13.3. The van der Waals surface area contributed by atoms with Gasteiger partial charge in [0, 0.05) is 44.1 Å². The number of carbonyl (C=O) groups is 1. The number of fused-ring (bicyclic) bond motifs is 1. The molecule has 1 aliphatic heterocycles. The predicted molar refractivity (Wildman–Crippen MR) is 102 cm³/mol. The molecule has 0 aliphatic carbocycles. The Labute approximate surface area is 151 Å². The number of amides is 1. The number of nitrogens with zero attached hydrogens (tertiary/aromatic N) is 3. The van der Waals surface area contributed by atoms with E-state index in [1.54, 1.807) is 19.1 Å². The molecule has 0 bridgehead atoms. The summed E-state index contributed by atoms with van der Waals surface area (Å²) in [4.78, 5) is 20.5. The van der Waals surface area contributed by atoms with Gasteiger partial charge >= 0.3 is 0 Å². The van der Waals surface area contributed by atoms with E-state index in [1.807, 2.05) is 29.2 Å². The Kier molecular flexibility index (Phi) is 4.29. The summed E-state index contributed by atoms with van der Waals surface area (Å²) >= 11 is 0. The van der Waals surface area contributed by atoms with Crippen LogP contribution in [0.4, 0.5) is 10.2 Å². The van der Waals surface area contributed by atoms with Crippen molar-refractivity contribution in [1.29, 1.82) is 0 Å². The molecule has 4 rings (SSSR count). The zero-order valence-corrected chi connectivity index (χ0v) is 14.7. The highest BCUT2D eigenvalue weighted by Gasteiger charge is 2.20. The zero-order valence-electron chi connectivity index (χ0n) is 14.7. The number of halogens is 1. The highest BCUT2D eigenvalue weighted by molar-refractivity contribution is 5.94. The summed E-state index contributed by atoms with van der Waals surface area (Å²) in [5, 5.41) is 1.05. The van der Waals surface area contributed by atoms with Crippen LogP contribution in [0, 0.1) is 5.82 Å². The summed E-state index contributed by atoms with van der Waals surface area (Å²) in [5.41, 5.74) is 2.85. The van der Waals surface area contributed by atoms with Crippen LogP contribution in [-0.4, -0.2) is 42.0 Å². The molecule has 0 N–H and O–H groups in total. The molecule has 4 nitrogen and oxygen atoms in total. The summed E-state index contributed by atoms with van der Waals surface area (Å²) in [6.45, 7) is 4.59. The fourth-order valence-electron chi connectivity index (χ4n) is 3.43. The lowest BCUT2D eigenvalue weighted by molar-refractivity contribution is -0.129. The Morgan fingerprint density at radius 3 is 2.38 bits per heavy atom. The quantitative estimate of drug-likeness (QED) is 0.708. The summed E-state index contributed by atoms with van der Waals surface area (Å²) < 4.78 is 13.3. The van der Waals surface area contributed by atoms with E-state index < -0.39 is 0 Å². The molecule has 0 unspecified atom stereocenters. The van der Waals surface area contributed by atoms with Crippen LogP contribution in [-0.2, 0) is 4.79 Å². The van der Waals surface area contributed by atoms with Gasteiger partial charge in [-0.1, -0.05) is 30.3 Å². The van der Waals surface area contributed by atoms with Gasteiger partial charge < -0.3 is 9.80 Å². The van der Waals surface area contributed by atoms with Gasteiger partial charge in [-0.05, 0) is 29.8 Å². The van der Waals surface area contributed by atoms with Gasteiger partial charge in [-0.15, -0.1) is 0 Å². The lowest BCUT2D eigenvalue weighted by atomic mass is 10.0. The average Bonchev–Trinajstić information content (AvgIpc) is 2.68. The number of anilines is 1. The molecule has 2 aromatic carbocycles. The molecule has 1 fully saturated rings. The van der Waals surface area contributed by atoms with Crippen LogP contribution in [0.2, 0.25) is 0 Å². The Balaban J connectivity index is 1.69. The second kappa shape index (κ2) is 6.75. The standard InChI is InChI=1S/C21H20FN3O/c1-15(26)24-11-13-25(14-12-24)20-10-7-17-3-2-4-19(21(17)23-20)16-5-8-18(22)9-6-16/h2-10H,11-14H2,1H3. The molecule has 0 atom stereocenters. The molecule has 132 valence electrons. The van der Waals surface area contributed by atoms with E-state index in [0.717, 1.165) is 40.9 Å². The van der Waals surface area contributed by atoms with Gasteiger partial charge in [0.1, 0.15) is 11.6 Å². The fourth-order valence-corrected chi connectivity index (χ4v) is 3.43. The van der Waals surface area contributed by atoms with Crippen LogP contribution in [0.25, 0.3) is 22.0 Å². The molecule has 0 spiro atoms. The van der Waals surface area contributed by atoms with Crippen molar-refractivity contribution in [3.8, 4) is 11.1 Å². The van der Waals surface area contributed by atoms with Crippen molar-refractivity contribution >= 4 is 22.6 Å². The molecule has 1 aliphatic rings. The number of piperazine rings is 1. The molecule has 1 aromatic heterocycles. The SMILES string of the molecule is CC(=O)N1CCN(c2ccc3cccc(-c4ccc(F)cc4)c3n2)CC1. The van der Waals surface area contributed by atoms with Crippen molar-refractivity contribution in [2.45, 2.75) is 6.92 Å². The molecule has 1 amide bonds. The average molecular weight is 349 g/mol. The monoisotopic (exact) mass is 349 g/mol. The summed E-state index contributed by atoms with van der Waals surface area (Å²) in [7, 11) is 0. The normalized spacial score (nSPS) is 14.7. The van der Waals surface area contributed by atoms with Gasteiger partial charge in [0.05, 0.1) is 5.52 Å². The van der Waals surface area contributed by atoms with Gasteiger partial charge in [0.15, 0.2) is 0 Å². The number of rotatable bonds is 2. The number of hydrogen-bond donors (Lipinski definition) is 0. The first-order valence-corrected chi connectivity index (χ1v) is 8.78. The molecule has 0 radical (unpaired) electrons. The van der Waals surface area contributed by atoms with E-state index in [-0.39, 0.29) is 11.7 Å². The Bertz CT molecular complexity index is 947. The Morgan fingerprint density at radius 2 is 1.69 bits per heavy atom. The number of pyridine rings is 1. The van der Waals surface area contributed by atoms with Crippen LogP contribution in [0.1, 0.15) is 6.92 Å². The third-order valence-corrected chi connectivity index (χ3v) is 4.91. The number of para-hydroxylation sites is 1. The van der Waals surface area contributed by atoms with E-state index in [9.17, 15) is 9.18 Å². The van der Waals surface area contributed by atoms with E-state index in [2.05, 4.69) is 11.0 Å². The molecule has 3 aromatic rings. The Morgan fingerprint density at radius 1 is 0.962 bits per heavy atom. The molecule has 1 saturated heterocycles. The topological polar surface area (TPSA) is 36.4 Å². The maximum Gasteiger partial charge on any atom is 0.219 e. The predicted octanol–water partition coefficient (Wildman–Crippen LogP) is 3.71. The number of aromatic nitrogens is 1. The van der Waals surface area contributed by atoms with Crippen LogP contribution in [0.3, 0.4) is 0 Å². The number of carbonyl (C=O) groups excluding carboxylic acids is 1. The van der Waals surface area contributed by atoms with Crippen molar-refractivity contribution in [2.75, 3.05) is 31.1 Å². The van der Waals surface area contributed by atoms with Gasteiger partial charge in [0.2, 0.25) is 5.91 Å². The van der Waals surface area contributed by atoms with Crippen molar-refractivity contribution < 1.29 is 9.18 Å². The number of benzene rings is 2. The first-order valence-electron chi connectivity index (χ1n) is 8.78. The summed E-state index contributed by atoms with van der Waals surface area (Å²) in [5.74, 6) is 0.788. The van der Waals surface area contributed by atoms with Crippen LogP contribution in [0.15, 0.2) is 54.6 Å². The number of hydrogen-bond acceptors (Lipinski definition) is 3. The smallest absolute Gasteiger partial charge is 0.219 e. The Hall–Kier alpha value is -2.95. The molecule has 2 heterocycles. The van der Waals surface area contributed by atoms with E-state index >= 15 is 0 Å². The molecular weight excluding hydrogens is 329 g/mol. The van der Waals surface area contributed by atoms with Gasteiger partial charge in [0.25, 0.3) is 0 Å². The minimum atomic E-state index is -0.244. The van der Waals surface area contributed by atoms with Crippen LogP contribution in [0.5, 0.6) is 0 Å². The van der Waals surface area contributed by atoms with Crippen molar-refractivity contribution in [2.24, 2.45) is 0 Å². The van der Waals surface area contributed by atoms with Gasteiger partial charge in [-0.25, -0.2) is 9.37 Å². The summed E-state index contributed by atoms with van der Waals surface area (Å²) in [6.07, 6.45) is 0. The second-order valence-corrected chi connectivity index (χ2v) is 6.55. The first-order chi connectivity index (χ1) is 12.6. The zero-order chi connectivity index (χ0) is 18.1. The minimum absolute atomic E-state index is 0.120. The van der Waals surface area contributed by atoms with Crippen molar-refractivity contribution in [1.82, 2.24) is 9.88 Å². The second-order valence-electron chi connectivity index (χ2n) is 6.55. The molecule has 26 heavy (non-hydrogen) atoms. The first kappa shape index (κ1) is 16.5. The molecule has 5 heteroatoms. The lowest BCUT2D eigenvalue weighted by Gasteiger charge is -2.35. The molecule has 0 saturated carbocycles. The largest absolute Gasteiger partial charge is 0.353 e. The van der Waals surface area contributed by atoms with Gasteiger partial charge in [-0.2, -0.15) is 0 Å². The van der Waals surface area contributed by atoms with Crippen LogP contribution < -0.4 is 4.90 Å². The highest BCUT2D eigenvalue weighted by Crippen LogP contribution is 2.29. The third-order valence-electron chi connectivity index (χ3n) is 4.91. The highest BCUT2D eigenvalue weighted by atomic mass is 19.1. The van der Waals surface area contributed by atoms with E-state index in [4.69, 9.17) is 4.98 Å². The van der Waals surface area contributed by atoms with Crippen molar-refractivity contribution in [3.63, 3.8) is 0 Å². The van der Waals surface area contributed by atoms with E-state index in [0.29, 0.717) is 13.1 Å². The fraction of sp³-hybridized carbons (Fsp3) is 0.238. The van der Waals surface area contributed by atoms with Crippen LogP contribution >= 0.6 is 0 Å². The lowest BCUT2D eigenvalue weighted by Crippen LogP contribution is -2.48. The minimum Gasteiger partial charge on any atom is -0.353 e. The summed E-state index contributed by atoms with van der Waals surface area (Å²) in [6, 6.07) is 16.6. The third kappa shape index (κ3) is 3.12. The maximum absolute atomic E-state index is 13.3.